The Morgan fingerprint density at radius 1 is 0.727 bits per heavy atom. The second kappa shape index (κ2) is 6.53. The minimum absolute atomic E-state index is 0.141. The summed E-state index contributed by atoms with van der Waals surface area (Å²) >= 11 is -3.82. The zero-order valence-corrected chi connectivity index (χ0v) is 19.4. The normalized spacial score (nSPS) is 19.9. The Kier molecular flexibility index (Phi) is 6.15. The molecule has 0 bridgehead atoms. The molecule has 0 aromatic rings. The molecule has 1 saturated carbocycles. The zero-order valence-electron chi connectivity index (χ0n) is 16.6. The summed E-state index contributed by atoms with van der Waals surface area (Å²) in [7, 11) is 0. The van der Waals surface area contributed by atoms with Crippen LogP contribution >= 0.6 is 0 Å². The van der Waals surface area contributed by atoms with E-state index in [2.05, 4.69) is 69.2 Å². The van der Waals surface area contributed by atoms with Crippen LogP contribution in [-0.4, -0.2) is 36.4 Å². The predicted octanol–water partition coefficient (Wildman–Crippen LogP) is 5.70. The van der Waals surface area contributed by atoms with Gasteiger partial charge >= 0.3 is 144 Å². The van der Waals surface area contributed by atoms with Crippen LogP contribution in [0.15, 0.2) is 0 Å². The van der Waals surface area contributed by atoms with Gasteiger partial charge in [-0.25, -0.2) is 0 Å². The van der Waals surface area contributed by atoms with Gasteiger partial charge in [0, 0.05) is 0 Å². The molecule has 1 aliphatic carbocycles. The van der Waals surface area contributed by atoms with Crippen LogP contribution in [0.25, 0.3) is 0 Å². The van der Waals surface area contributed by atoms with Crippen molar-refractivity contribution < 1.29 is 9.22 Å². The van der Waals surface area contributed by atoms with Gasteiger partial charge in [0.15, 0.2) is 0 Å². The first-order valence-corrected chi connectivity index (χ1v) is 13.7. The third-order valence-corrected chi connectivity index (χ3v) is 17.6. The van der Waals surface area contributed by atoms with Gasteiger partial charge in [-0.3, -0.25) is 0 Å². The molecule has 0 amide bonds. The summed E-state index contributed by atoms with van der Waals surface area (Å²) in [4.78, 5) is 0. The van der Waals surface area contributed by atoms with Crippen molar-refractivity contribution in [2.75, 3.05) is 0 Å². The van der Waals surface area contributed by atoms with Gasteiger partial charge in [0.25, 0.3) is 0 Å². The average Bonchev–Trinajstić information content (AvgIpc) is 2.05. The Balaban J connectivity index is 3.34. The molecule has 0 unspecified atom stereocenters. The molecule has 0 spiro atoms. The number of hydrogen-bond acceptors (Lipinski definition) is 3. The molecule has 0 N–H and O–H groups in total. The molecule has 0 atom stereocenters. The molecule has 0 aliphatic heterocycles. The fraction of sp³-hybridized carbons (Fsp3) is 1.00. The molecule has 0 heterocycles. The second-order valence-corrected chi connectivity index (χ2v) is 17.6. The van der Waals surface area contributed by atoms with Crippen LogP contribution in [-0.2, 0) is 9.22 Å². The third-order valence-electron chi connectivity index (χ3n) is 3.96. The first-order chi connectivity index (χ1) is 9.64. The van der Waals surface area contributed by atoms with Crippen LogP contribution in [0.3, 0.4) is 0 Å². The Morgan fingerprint density at radius 2 is 1.05 bits per heavy atom. The Morgan fingerprint density at radius 3 is 1.18 bits per heavy atom. The van der Waals surface area contributed by atoms with Crippen molar-refractivity contribution >= 4 is 19.6 Å². The van der Waals surface area contributed by atoms with E-state index in [-0.39, 0.29) is 20.2 Å². The van der Waals surface area contributed by atoms with Crippen molar-refractivity contribution in [2.45, 2.75) is 115 Å². The summed E-state index contributed by atoms with van der Waals surface area (Å²) in [5, 5.41) is 0. The van der Waals surface area contributed by atoms with Gasteiger partial charge in [-0.1, -0.05) is 0 Å². The molecule has 3 nitrogen and oxygen atoms in total. The minimum atomic E-state index is -3.82. The van der Waals surface area contributed by atoms with E-state index in [4.69, 9.17) is 9.22 Å². The maximum absolute atomic E-state index is 6.74. The SMILES string of the molecule is CC[C]1([Sn]([O]C(C)(C)C)([O]C(C)(C)C)[O]C(C)(C)C)CCC1. The van der Waals surface area contributed by atoms with Crippen molar-refractivity contribution in [1.82, 2.24) is 0 Å². The molecular weight excluding hydrogens is 383 g/mol. The van der Waals surface area contributed by atoms with Gasteiger partial charge in [-0.15, -0.1) is 0 Å². The fourth-order valence-electron chi connectivity index (χ4n) is 3.08. The standard InChI is InChI=1S/C6H11.3C4H9O.Sn/c1-2-6-4-3-5-6;3*1-4(2,3)5;/h2-5H2,1H3;3*1-3H3;/q;3*-1;+3. The van der Waals surface area contributed by atoms with Gasteiger partial charge in [0.1, 0.15) is 0 Å². The first kappa shape index (κ1) is 20.7. The van der Waals surface area contributed by atoms with Gasteiger partial charge < -0.3 is 0 Å². The predicted molar refractivity (Wildman–Crippen MR) is 95.1 cm³/mol. The quantitative estimate of drug-likeness (QED) is 0.533. The maximum atomic E-state index is 6.74. The summed E-state index contributed by atoms with van der Waals surface area (Å²) < 4.78 is 20.4. The summed E-state index contributed by atoms with van der Waals surface area (Å²) in [5.74, 6) is 0. The molecule has 22 heavy (non-hydrogen) atoms. The van der Waals surface area contributed by atoms with E-state index in [0.717, 1.165) is 6.42 Å². The summed E-state index contributed by atoms with van der Waals surface area (Å²) in [6.07, 6.45) is 4.72. The number of hydrogen-bond donors (Lipinski definition) is 0. The molecule has 1 fully saturated rings. The van der Waals surface area contributed by atoms with E-state index in [1.165, 1.54) is 19.3 Å². The van der Waals surface area contributed by atoms with Crippen molar-refractivity contribution in [2.24, 2.45) is 0 Å². The second-order valence-electron chi connectivity index (χ2n) is 9.69. The van der Waals surface area contributed by atoms with Crippen LogP contribution in [0, 0.1) is 0 Å². The molecule has 0 aromatic heterocycles. The molecule has 0 saturated heterocycles. The molecule has 1 aliphatic rings. The van der Waals surface area contributed by atoms with Crippen molar-refractivity contribution in [3.05, 3.63) is 0 Å². The van der Waals surface area contributed by atoms with Crippen molar-refractivity contribution in [1.29, 1.82) is 0 Å². The molecule has 0 aromatic carbocycles. The molecule has 1 rings (SSSR count). The average molecular weight is 421 g/mol. The van der Waals surface area contributed by atoms with Crippen molar-refractivity contribution in [3.63, 3.8) is 0 Å². The van der Waals surface area contributed by atoms with Crippen LogP contribution in [0.5, 0.6) is 0 Å². The summed E-state index contributed by atoms with van der Waals surface area (Å²) in [5.41, 5.74) is -0.737. The zero-order chi connectivity index (χ0) is 17.4. The molecule has 4 heteroatoms. The summed E-state index contributed by atoms with van der Waals surface area (Å²) in [6.45, 7) is 21.4. The van der Waals surface area contributed by atoms with E-state index in [1.54, 1.807) is 0 Å². The third kappa shape index (κ3) is 5.35. The number of rotatable bonds is 5. The molecule has 0 radical (unpaired) electrons. The van der Waals surface area contributed by atoms with Crippen LogP contribution in [0.1, 0.15) is 94.9 Å². The summed E-state index contributed by atoms with van der Waals surface area (Å²) in [6, 6.07) is 0. The molecular formula is C18H38O3Sn. The Hall–Kier alpha value is 0.679. The van der Waals surface area contributed by atoms with E-state index in [0.29, 0.717) is 0 Å². The Labute approximate surface area is 144 Å². The van der Waals surface area contributed by atoms with E-state index in [1.807, 2.05) is 0 Å². The topological polar surface area (TPSA) is 27.7 Å². The van der Waals surface area contributed by atoms with Crippen LogP contribution in [0.2, 0.25) is 3.43 Å². The molecule has 132 valence electrons. The Bertz CT molecular complexity index is 321. The van der Waals surface area contributed by atoms with Gasteiger partial charge in [-0.2, -0.15) is 0 Å². The fourth-order valence-corrected chi connectivity index (χ4v) is 16.2. The van der Waals surface area contributed by atoms with Crippen molar-refractivity contribution in [3.8, 4) is 0 Å². The van der Waals surface area contributed by atoms with Gasteiger partial charge in [0.2, 0.25) is 0 Å². The van der Waals surface area contributed by atoms with E-state index in [9.17, 15) is 0 Å². The first-order valence-electron chi connectivity index (χ1n) is 8.74. The van der Waals surface area contributed by atoms with Gasteiger partial charge in [0.05, 0.1) is 0 Å². The van der Waals surface area contributed by atoms with E-state index >= 15 is 0 Å². The van der Waals surface area contributed by atoms with Crippen LogP contribution in [0.4, 0.5) is 0 Å². The van der Waals surface area contributed by atoms with E-state index < -0.39 is 19.6 Å². The van der Waals surface area contributed by atoms with Gasteiger partial charge in [-0.05, 0) is 0 Å². The monoisotopic (exact) mass is 422 g/mol. The van der Waals surface area contributed by atoms with Crippen LogP contribution < -0.4 is 0 Å².